The molecule has 0 saturated heterocycles. The minimum absolute atomic E-state index is 0.213. The van der Waals surface area contributed by atoms with Gasteiger partial charge < -0.3 is 0 Å². The van der Waals surface area contributed by atoms with Crippen LogP contribution in [0.3, 0.4) is 0 Å². The molecule has 0 atom stereocenters. The van der Waals surface area contributed by atoms with Gasteiger partial charge in [0.1, 0.15) is 5.75 Å². The van der Waals surface area contributed by atoms with Crippen molar-refractivity contribution in [3.8, 4) is 5.75 Å². The maximum Gasteiger partial charge on any atom is 0.299 e. The minimum Gasteiger partial charge on any atom is -0.275 e. The van der Waals surface area contributed by atoms with Gasteiger partial charge in [-0.2, -0.15) is 0 Å². The van der Waals surface area contributed by atoms with Crippen LogP contribution in [-0.4, -0.2) is 5.09 Å². The summed E-state index contributed by atoms with van der Waals surface area (Å²) in [6.07, 6.45) is 0. The van der Waals surface area contributed by atoms with Crippen LogP contribution in [0, 0.1) is 13.7 Å². The zero-order valence-electron chi connectivity index (χ0n) is 9.08. The zero-order chi connectivity index (χ0) is 12.5. The van der Waals surface area contributed by atoms with Crippen molar-refractivity contribution in [1.82, 2.24) is 0 Å². The molecule has 4 nitrogen and oxygen atoms in total. The number of nitrogens with zero attached hydrogens (tertiary/aromatic N) is 1. The normalized spacial score (nSPS) is 11.3. The average Bonchev–Trinajstić information content (AvgIpc) is 2.06. The van der Waals surface area contributed by atoms with E-state index in [1.165, 1.54) is 0 Å². The number of halogens is 2. The van der Waals surface area contributed by atoms with Gasteiger partial charge >= 0.3 is 0 Å². The molecule has 88 valence electrons. The predicted octanol–water partition coefficient (Wildman–Crippen LogP) is 3.92. The summed E-state index contributed by atoms with van der Waals surface area (Å²) in [7, 11) is 0. The fourth-order valence-electron chi connectivity index (χ4n) is 1.28. The van der Waals surface area contributed by atoms with Crippen molar-refractivity contribution < 1.29 is 9.92 Å². The molecule has 0 aliphatic rings. The third kappa shape index (κ3) is 3.31. The first kappa shape index (κ1) is 13.7. The van der Waals surface area contributed by atoms with Crippen molar-refractivity contribution in [2.24, 2.45) is 0 Å². The molecule has 0 bridgehead atoms. The second-order valence-corrected chi connectivity index (χ2v) is 6.41. The van der Waals surface area contributed by atoms with Gasteiger partial charge in [0, 0.05) is 8.04 Å². The van der Waals surface area contributed by atoms with Gasteiger partial charge in [0.2, 0.25) is 0 Å². The van der Waals surface area contributed by atoms with Gasteiger partial charge in [0.15, 0.2) is 0 Å². The summed E-state index contributed by atoms with van der Waals surface area (Å²) in [4.78, 5) is 15.1. The number of hydrogen-bond donors (Lipinski definition) is 0. The highest BCUT2D eigenvalue weighted by molar-refractivity contribution is 14.1. The van der Waals surface area contributed by atoms with E-state index in [0.29, 0.717) is 9.32 Å². The van der Waals surface area contributed by atoms with E-state index in [4.69, 9.17) is 0 Å². The monoisotopic (exact) mass is 399 g/mol. The molecule has 0 N–H and O–H groups in total. The second-order valence-electron chi connectivity index (χ2n) is 4.33. The summed E-state index contributed by atoms with van der Waals surface area (Å²) < 4.78 is 1.60. The topological polar surface area (TPSA) is 52.4 Å². The largest absolute Gasteiger partial charge is 0.299 e. The van der Waals surface area contributed by atoms with Crippen molar-refractivity contribution in [2.45, 2.75) is 26.2 Å². The van der Waals surface area contributed by atoms with E-state index in [1.54, 1.807) is 6.07 Å². The van der Waals surface area contributed by atoms with Gasteiger partial charge in [-0.3, -0.25) is 4.84 Å². The molecule has 1 aromatic carbocycles. The molecule has 0 saturated carbocycles. The molecule has 0 aliphatic heterocycles. The lowest BCUT2D eigenvalue weighted by Gasteiger charge is -2.22. The Kier molecular flexibility index (Phi) is 4.17. The summed E-state index contributed by atoms with van der Waals surface area (Å²) in [5, 5.41) is 9.68. The summed E-state index contributed by atoms with van der Waals surface area (Å²) in [6.45, 7) is 5.95. The Bertz CT molecular complexity index is 429. The van der Waals surface area contributed by atoms with Crippen LogP contribution in [0.5, 0.6) is 5.75 Å². The molecule has 0 heterocycles. The van der Waals surface area contributed by atoms with Crippen molar-refractivity contribution in [3.63, 3.8) is 0 Å². The van der Waals surface area contributed by atoms with Gasteiger partial charge in [-0.25, -0.2) is 0 Å². The van der Waals surface area contributed by atoms with Crippen LogP contribution < -0.4 is 4.84 Å². The molecular formula is C10H11BrINO3. The van der Waals surface area contributed by atoms with Crippen LogP contribution in [0.15, 0.2) is 16.6 Å². The molecule has 1 aromatic rings. The van der Waals surface area contributed by atoms with Crippen molar-refractivity contribution >= 4 is 38.5 Å². The Morgan fingerprint density at radius 3 is 2.44 bits per heavy atom. The van der Waals surface area contributed by atoms with E-state index in [9.17, 15) is 10.1 Å². The number of benzene rings is 1. The minimum atomic E-state index is -0.777. The van der Waals surface area contributed by atoms with Crippen LogP contribution in [-0.2, 0) is 5.41 Å². The molecule has 0 radical (unpaired) electrons. The first-order chi connectivity index (χ1) is 7.21. The molecule has 0 aliphatic carbocycles. The van der Waals surface area contributed by atoms with E-state index < -0.39 is 5.09 Å². The number of hydrogen-bond acceptors (Lipinski definition) is 3. The first-order valence-electron chi connectivity index (χ1n) is 4.53. The second kappa shape index (κ2) is 4.87. The predicted molar refractivity (Wildman–Crippen MR) is 73.2 cm³/mol. The summed E-state index contributed by atoms with van der Waals surface area (Å²) >= 11 is 5.40. The maximum absolute atomic E-state index is 10.5. The molecule has 0 unspecified atom stereocenters. The Morgan fingerprint density at radius 2 is 2.00 bits per heavy atom. The van der Waals surface area contributed by atoms with Crippen molar-refractivity contribution in [1.29, 1.82) is 0 Å². The van der Waals surface area contributed by atoms with Gasteiger partial charge in [0.05, 0.1) is 0 Å². The van der Waals surface area contributed by atoms with Crippen LogP contribution in [0.2, 0.25) is 0 Å². The first-order valence-corrected chi connectivity index (χ1v) is 6.41. The van der Waals surface area contributed by atoms with Gasteiger partial charge in [-0.1, -0.05) is 36.7 Å². The zero-order valence-corrected chi connectivity index (χ0v) is 12.8. The highest BCUT2D eigenvalue weighted by atomic mass is 127. The Balaban J connectivity index is 3.38. The molecule has 0 spiro atoms. The average molecular weight is 400 g/mol. The third-order valence-electron chi connectivity index (χ3n) is 1.98. The SMILES string of the molecule is CC(C)(C)c1cc(Br)cc(I)c1O[N+](=O)[O-]. The molecule has 0 amide bonds. The van der Waals surface area contributed by atoms with Crippen molar-refractivity contribution in [2.75, 3.05) is 0 Å². The van der Waals surface area contributed by atoms with E-state index in [-0.39, 0.29) is 5.41 Å². The number of rotatable bonds is 2. The summed E-state index contributed by atoms with van der Waals surface area (Å²) in [6, 6.07) is 3.63. The Hall–Kier alpha value is -0.370. The van der Waals surface area contributed by atoms with Gasteiger partial charge in [0.25, 0.3) is 5.09 Å². The fourth-order valence-corrected chi connectivity index (χ4v) is 2.90. The standard InChI is InChI=1S/C10H11BrINO3/c1-10(2,3)7-4-6(11)5-8(12)9(7)16-13(14)15/h4-5H,1-3H3. The molecule has 16 heavy (non-hydrogen) atoms. The van der Waals surface area contributed by atoms with E-state index in [1.807, 2.05) is 49.4 Å². The Labute approximate surface area is 116 Å². The molecule has 1 rings (SSSR count). The van der Waals surface area contributed by atoms with Crippen LogP contribution >= 0.6 is 38.5 Å². The quantitative estimate of drug-likeness (QED) is 0.430. The highest BCUT2D eigenvalue weighted by Gasteiger charge is 2.22. The summed E-state index contributed by atoms with van der Waals surface area (Å²) in [5.74, 6) is 0.321. The van der Waals surface area contributed by atoms with Crippen LogP contribution in [0.4, 0.5) is 0 Å². The smallest absolute Gasteiger partial charge is 0.275 e. The Morgan fingerprint density at radius 1 is 1.44 bits per heavy atom. The van der Waals surface area contributed by atoms with E-state index in [0.717, 1.165) is 10.0 Å². The summed E-state index contributed by atoms with van der Waals surface area (Å²) in [5.41, 5.74) is 0.595. The lowest BCUT2D eigenvalue weighted by Crippen LogP contribution is -2.16. The van der Waals surface area contributed by atoms with Crippen molar-refractivity contribution in [3.05, 3.63) is 35.9 Å². The maximum atomic E-state index is 10.5. The molecule has 0 aromatic heterocycles. The highest BCUT2D eigenvalue weighted by Crippen LogP contribution is 2.37. The van der Waals surface area contributed by atoms with Gasteiger partial charge in [-0.15, -0.1) is 10.1 Å². The van der Waals surface area contributed by atoms with Crippen LogP contribution in [0.1, 0.15) is 26.3 Å². The molecule has 6 heteroatoms. The fraction of sp³-hybridized carbons (Fsp3) is 0.400. The lowest BCUT2D eigenvalue weighted by molar-refractivity contribution is -0.711. The van der Waals surface area contributed by atoms with E-state index >= 15 is 0 Å². The molecular weight excluding hydrogens is 389 g/mol. The van der Waals surface area contributed by atoms with Gasteiger partial charge in [-0.05, 0) is 45.7 Å². The van der Waals surface area contributed by atoms with E-state index in [2.05, 4.69) is 20.8 Å². The molecule has 0 fully saturated rings. The van der Waals surface area contributed by atoms with Crippen LogP contribution in [0.25, 0.3) is 0 Å². The third-order valence-corrected chi connectivity index (χ3v) is 3.24. The lowest BCUT2D eigenvalue weighted by atomic mass is 9.86.